The van der Waals surface area contributed by atoms with Crippen molar-refractivity contribution in [2.45, 2.75) is 26.3 Å². The fourth-order valence-electron chi connectivity index (χ4n) is 2.88. The molecule has 0 bridgehead atoms. The Hall–Kier alpha value is -2.73. The zero-order chi connectivity index (χ0) is 21.4. The van der Waals surface area contributed by atoms with Crippen LogP contribution in [0.15, 0.2) is 42.5 Å². The molecule has 156 valence electrons. The molecule has 0 aromatic heterocycles. The van der Waals surface area contributed by atoms with Crippen molar-refractivity contribution >= 4 is 23.4 Å². The Bertz CT molecular complexity index is 854. The molecule has 0 saturated heterocycles. The number of hydrogen-bond donors (Lipinski definition) is 2. The number of ether oxygens (including phenoxy) is 2. The molecule has 1 atom stereocenters. The Morgan fingerprint density at radius 3 is 2.34 bits per heavy atom. The second kappa shape index (κ2) is 10.7. The molecule has 0 aliphatic heterocycles. The van der Waals surface area contributed by atoms with Crippen LogP contribution in [0.25, 0.3) is 0 Å². The smallest absolute Gasteiger partial charge is 0.253 e. The summed E-state index contributed by atoms with van der Waals surface area (Å²) < 4.78 is 10.5. The SMILES string of the molecule is COc1ccc(CCNC(=O)[C@@H](NC(=O)c2ccccc2Cl)C(C)C)cc1OC. The van der Waals surface area contributed by atoms with Gasteiger partial charge in [-0.25, -0.2) is 0 Å². The monoisotopic (exact) mass is 418 g/mol. The summed E-state index contributed by atoms with van der Waals surface area (Å²) in [5, 5.41) is 6.02. The van der Waals surface area contributed by atoms with E-state index in [1.165, 1.54) is 0 Å². The van der Waals surface area contributed by atoms with Crippen molar-refractivity contribution in [2.75, 3.05) is 20.8 Å². The Morgan fingerprint density at radius 1 is 1.03 bits per heavy atom. The number of amides is 2. The van der Waals surface area contributed by atoms with E-state index in [9.17, 15) is 9.59 Å². The van der Waals surface area contributed by atoms with Gasteiger partial charge in [-0.2, -0.15) is 0 Å². The van der Waals surface area contributed by atoms with E-state index in [1.807, 2.05) is 32.0 Å². The van der Waals surface area contributed by atoms with E-state index in [1.54, 1.807) is 38.5 Å². The molecule has 7 heteroatoms. The predicted octanol–water partition coefficient (Wildman–Crippen LogP) is 3.47. The first-order valence-corrected chi connectivity index (χ1v) is 9.79. The minimum absolute atomic E-state index is 0.0810. The highest BCUT2D eigenvalue weighted by Crippen LogP contribution is 2.27. The molecule has 2 aromatic carbocycles. The molecular formula is C22H27ClN2O4. The highest BCUT2D eigenvalue weighted by atomic mass is 35.5. The fraction of sp³-hybridized carbons (Fsp3) is 0.364. The third-order valence-electron chi connectivity index (χ3n) is 4.52. The molecule has 2 N–H and O–H groups in total. The first-order valence-electron chi connectivity index (χ1n) is 9.41. The van der Waals surface area contributed by atoms with Crippen molar-refractivity contribution in [1.82, 2.24) is 10.6 Å². The second-order valence-electron chi connectivity index (χ2n) is 6.91. The molecule has 0 unspecified atom stereocenters. The number of nitrogens with one attached hydrogen (secondary N) is 2. The van der Waals surface area contributed by atoms with Crippen LogP contribution in [0.3, 0.4) is 0 Å². The molecule has 0 fully saturated rings. The van der Waals surface area contributed by atoms with Crippen LogP contribution in [0.5, 0.6) is 11.5 Å². The molecule has 0 heterocycles. The van der Waals surface area contributed by atoms with E-state index >= 15 is 0 Å². The molecule has 29 heavy (non-hydrogen) atoms. The van der Waals surface area contributed by atoms with E-state index in [4.69, 9.17) is 21.1 Å². The number of halogens is 1. The minimum atomic E-state index is -0.663. The molecule has 2 aromatic rings. The van der Waals surface area contributed by atoms with Crippen LogP contribution in [0.4, 0.5) is 0 Å². The van der Waals surface area contributed by atoms with Gasteiger partial charge in [0.25, 0.3) is 5.91 Å². The van der Waals surface area contributed by atoms with Crippen LogP contribution in [0, 0.1) is 5.92 Å². The molecule has 0 aliphatic carbocycles. The number of carbonyl (C=O) groups is 2. The normalized spacial score (nSPS) is 11.7. The van der Waals surface area contributed by atoms with Gasteiger partial charge in [0.1, 0.15) is 6.04 Å². The van der Waals surface area contributed by atoms with Crippen LogP contribution < -0.4 is 20.1 Å². The van der Waals surface area contributed by atoms with Crippen LogP contribution >= 0.6 is 11.6 Å². The van der Waals surface area contributed by atoms with Gasteiger partial charge >= 0.3 is 0 Å². The van der Waals surface area contributed by atoms with Crippen LogP contribution in [-0.2, 0) is 11.2 Å². The van der Waals surface area contributed by atoms with Gasteiger partial charge in [0.15, 0.2) is 11.5 Å². The molecule has 2 rings (SSSR count). The van der Waals surface area contributed by atoms with Gasteiger partial charge in [0.05, 0.1) is 24.8 Å². The van der Waals surface area contributed by atoms with Crippen molar-refractivity contribution in [2.24, 2.45) is 5.92 Å². The summed E-state index contributed by atoms with van der Waals surface area (Å²) in [5.41, 5.74) is 1.35. The lowest BCUT2D eigenvalue weighted by Crippen LogP contribution is -2.50. The first kappa shape index (κ1) is 22.6. The van der Waals surface area contributed by atoms with Crippen LogP contribution in [0.2, 0.25) is 5.02 Å². The maximum absolute atomic E-state index is 12.6. The van der Waals surface area contributed by atoms with E-state index in [0.717, 1.165) is 5.56 Å². The van der Waals surface area contributed by atoms with E-state index in [0.29, 0.717) is 35.1 Å². The summed E-state index contributed by atoms with van der Waals surface area (Å²) >= 11 is 6.08. The molecule has 0 saturated carbocycles. The van der Waals surface area contributed by atoms with Gasteiger partial charge in [-0.05, 0) is 42.2 Å². The highest BCUT2D eigenvalue weighted by Gasteiger charge is 2.25. The average Bonchev–Trinajstić information content (AvgIpc) is 2.71. The largest absolute Gasteiger partial charge is 0.493 e. The van der Waals surface area contributed by atoms with Crippen LogP contribution in [0.1, 0.15) is 29.8 Å². The number of methoxy groups -OCH3 is 2. The van der Waals surface area contributed by atoms with E-state index in [-0.39, 0.29) is 17.7 Å². The second-order valence-corrected chi connectivity index (χ2v) is 7.31. The van der Waals surface area contributed by atoms with Gasteiger partial charge in [-0.1, -0.05) is 43.6 Å². The summed E-state index contributed by atoms with van der Waals surface area (Å²) in [4.78, 5) is 25.2. The number of rotatable bonds is 9. The maximum Gasteiger partial charge on any atom is 0.253 e. The topological polar surface area (TPSA) is 76.7 Å². The van der Waals surface area contributed by atoms with Gasteiger partial charge < -0.3 is 20.1 Å². The molecule has 6 nitrogen and oxygen atoms in total. The Balaban J connectivity index is 1.96. The summed E-state index contributed by atoms with van der Waals surface area (Å²) in [6.07, 6.45) is 0.620. The molecule has 0 aliphatic rings. The Morgan fingerprint density at radius 2 is 1.72 bits per heavy atom. The summed E-state index contributed by atoms with van der Waals surface area (Å²) in [5.74, 6) is 0.610. The minimum Gasteiger partial charge on any atom is -0.493 e. The Kier molecular flexibility index (Phi) is 8.34. The fourth-order valence-corrected chi connectivity index (χ4v) is 3.10. The number of hydrogen-bond acceptors (Lipinski definition) is 4. The first-order chi connectivity index (χ1) is 13.9. The summed E-state index contributed by atoms with van der Waals surface area (Å²) in [7, 11) is 3.17. The van der Waals surface area contributed by atoms with E-state index < -0.39 is 6.04 Å². The molecule has 0 spiro atoms. The third kappa shape index (κ3) is 6.12. The zero-order valence-corrected chi connectivity index (χ0v) is 17.9. The van der Waals surface area contributed by atoms with Crippen molar-refractivity contribution in [3.63, 3.8) is 0 Å². The van der Waals surface area contributed by atoms with Crippen LogP contribution in [-0.4, -0.2) is 38.6 Å². The lowest BCUT2D eigenvalue weighted by molar-refractivity contribution is -0.123. The van der Waals surface area contributed by atoms with Crippen molar-refractivity contribution < 1.29 is 19.1 Å². The van der Waals surface area contributed by atoms with Crippen molar-refractivity contribution in [3.8, 4) is 11.5 Å². The lowest BCUT2D eigenvalue weighted by atomic mass is 10.0. The highest BCUT2D eigenvalue weighted by molar-refractivity contribution is 6.33. The standard InChI is InChI=1S/C22H27ClN2O4/c1-14(2)20(25-21(26)16-7-5-6-8-17(16)23)22(27)24-12-11-15-9-10-18(28-3)19(13-15)29-4/h5-10,13-14,20H,11-12H2,1-4H3,(H,24,27)(H,25,26)/t20-/m0/s1. The average molecular weight is 419 g/mol. The quantitative estimate of drug-likeness (QED) is 0.653. The van der Waals surface area contributed by atoms with Gasteiger partial charge in [-0.15, -0.1) is 0 Å². The molecular weight excluding hydrogens is 392 g/mol. The predicted molar refractivity (Wildman–Crippen MR) is 114 cm³/mol. The van der Waals surface area contributed by atoms with E-state index in [2.05, 4.69) is 10.6 Å². The zero-order valence-electron chi connectivity index (χ0n) is 17.1. The number of carbonyl (C=O) groups excluding carboxylic acids is 2. The van der Waals surface area contributed by atoms with Crippen molar-refractivity contribution in [3.05, 3.63) is 58.6 Å². The summed E-state index contributed by atoms with van der Waals surface area (Å²) in [6.45, 7) is 4.19. The molecule has 2 amide bonds. The van der Waals surface area contributed by atoms with Gasteiger partial charge in [-0.3, -0.25) is 9.59 Å². The lowest BCUT2D eigenvalue weighted by Gasteiger charge is -2.22. The number of benzene rings is 2. The van der Waals surface area contributed by atoms with Gasteiger partial charge in [0.2, 0.25) is 5.91 Å². The van der Waals surface area contributed by atoms with Crippen molar-refractivity contribution in [1.29, 1.82) is 0 Å². The van der Waals surface area contributed by atoms with Gasteiger partial charge in [0, 0.05) is 6.54 Å². The maximum atomic E-state index is 12.6. The molecule has 0 radical (unpaired) electrons. The summed E-state index contributed by atoms with van der Waals surface area (Å²) in [6, 6.07) is 11.7. The third-order valence-corrected chi connectivity index (χ3v) is 4.84. The Labute approximate surface area is 176 Å².